The predicted octanol–water partition coefficient (Wildman–Crippen LogP) is 3.35. The maximum absolute atomic E-state index is 13.2. The van der Waals surface area contributed by atoms with E-state index in [0.717, 1.165) is 31.1 Å². The number of benzene rings is 2. The molecule has 35 heavy (non-hydrogen) atoms. The molecule has 0 aliphatic heterocycles. The van der Waals surface area contributed by atoms with Gasteiger partial charge in [-0.15, -0.1) is 0 Å². The van der Waals surface area contributed by atoms with Gasteiger partial charge in [0.2, 0.25) is 10.0 Å². The van der Waals surface area contributed by atoms with Crippen molar-refractivity contribution in [2.75, 3.05) is 13.1 Å². The maximum atomic E-state index is 13.2. The topological polar surface area (TPSA) is 151 Å². The SMILES string of the molecule is NS(=O)(=O)c1ccc(-c2cc(C(=O)NC[C@H]3CC[C@H](CNC(=O)O)CC3)c3ccccc3n2)cc1. The number of rotatable bonds is 7. The van der Waals surface area contributed by atoms with Crippen LogP contribution in [0.2, 0.25) is 0 Å². The van der Waals surface area contributed by atoms with Crippen LogP contribution in [-0.2, 0) is 10.0 Å². The number of hydrogen-bond donors (Lipinski definition) is 4. The van der Waals surface area contributed by atoms with Crippen LogP contribution >= 0.6 is 0 Å². The van der Waals surface area contributed by atoms with Gasteiger partial charge in [-0.2, -0.15) is 0 Å². The van der Waals surface area contributed by atoms with Crippen molar-refractivity contribution in [1.29, 1.82) is 0 Å². The molecule has 0 unspecified atom stereocenters. The monoisotopic (exact) mass is 496 g/mol. The number of fused-ring (bicyclic) bond motifs is 1. The number of nitrogens with one attached hydrogen (secondary N) is 2. The minimum absolute atomic E-state index is 0.00784. The first-order chi connectivity index (χ1) is 16.7. The number of carbonyl (C=O) groups is 2. The predicted molar refractivity (Wildman–Crippen MR) is 132 cm³/mol. The van der Waals surface area contributed by atoms with Gasteiger partial charge in [0.1, 0.15) is 0 Å². The Morgan fingerprint density at radius 2 is 1.54 bits per heavy atom. The van der Waals surface area contributed by atoms with Gasteiger partial charge >= 0.3 is 6.09 Å². The highest BCUT2D eigenvalue weighted by molar-refractivity contribution is 7.89. The van der Waals surface area contributed by atoms with Crippen LogP contribution < -0.4 is 15.8 Å². The Labute approximate surface area is 203 Å². The molecule has 1 fully saturated rings. The average molecular weight is 497 g/mol. The van der Waals surface area contributed by atoms with Crippen molar-refractivity contribution < 1.29 is 23.1 Å². The normalized spacial score (nSPS) is 18.2. The highest BCUT2D eigenvalue weighted by Gasteiger charge is 2.23. The van der Waals surface area contributed by atoms with E-state index >= 15 is 0 Å². The third kappa shape index (κ3) is 6.14. The van der Waals surface area contributed by atoms with E-state index in [0.29, 0.717) is 47.3 Å². The van der Waals surface area contributed by atoms with Gasteiger partial charge < -0.3 is 15.7 Å². The van der Waals surface area contributed by atoms with Gasteiger partial charge in [0.25, 0.3) is 5.91 Å². The first-order valence-electron chi connectivity index (χ1n) is 11.5. The molecule has 0 saturated heterocycles. The van der Waals surface area contributed by atoms with Gasteiger partial charge in [-0.25, -0.2) is 23.3 Å². The van der Waals surface area contributed by atoms with Gasteiger partial charge in [0, 0.05) is 24.0 Å². The Morgan fingerprint density at radius 3 is 2.14 bits per heavy atom. The summed E-state index contributed by atoms with van der Waals surface area (Å²) in [5.41, 5.74) is 2.39. The van der Waals surface area contributed by atoms with Crippen LogP contribution in [-0.4, -0.2) is 43.6 Å². The summed E-state index contributed by atoms with van der Waals surface area (Å²) in [6.45, 7) is 1.02. The lowest BCUT2D eigenvalue weighted by atomic mass is 9.82. The molecule has 10 heteroatoms. The zero-order valence-corrected chi connectivity index (χ0v) is 19.9. The Balaban J connectivity index is 1.48. The van der Waals surface area contributed by atoms with E-state index in [1.54, 1.807) is 18.2 Å². The van der Waals surface area contributed by atoms with Gasteiger partial charge in [-0.3, -0.25) is 4.79 Å². The molecule has 1 aliphatic rings. The highest BCUT2D eigenvalue weighted by atomic mass is 32.2. The third-order valence-electron chi connectivity index (χ3n) is 6.50. The summed E-state index contributed by atoms with van der Waals surface area (Å²) >= 11 is 0. The zero-order valence-electron chi connectivity index (χ0n) is 19.1. The number of pyridine rings is 1. The molecule has 184 valence electrons. The quantitative estimate of drug-likeness (QED) is 0.394. The van der Waals surface area contributed by atoms with Crippen molar-refractivity contribution in [1.82, 2.24) is 15.6 Å². The van der Waals surface area contributed by atoms with E-state index in [1.165, 1.54) is 12.1 Å². The minimum Gasteiger partial charge on any atom is -0.465 e. The molecule has 0 spiro atoms. The number of carboxylic acid groups (broad SMARTS) is 1. The van der Waals surface area contributed by atoms with E-state index in [4.69, 9.17) is 10.2 Å². The fourth-order valence-corrected chi connectivity index (χ4v) is 5.05. The first-order valence-corrected chi connectivity index (χ1v) is 13.0. The Bertz CT molecular complexity index is 1330. The maximum Gasteiger partial charge on any atom is 0.404 e. The number of hydrogen-bond acceptors (Lipinski definition) is 5. The molecule has 2 aromatic carbocycles. The number of nitrogens with zero attached hydrogens (tertiary/aromatic N) is 1. The fraction of sp³-hybridized carbons (Fsp3) is 0.320. The molecule has 2 amide bonds. The summed E-state index contributed by atoms with van der Waals surface area (Å²) in [5.74, 6) is 0.490. The molecule has 1 saturated carbocycles. The number of aromatic nitrogens is 1. The number of carbonyl (C=O) groups excluding carboxylic acids is 1. The third-order valence-corrected chi connectivity index (χ3v) is 7.43. The number of primary sulfonamides is 1. The number of amides is 2. The molecule has 0 radical (unpaired) electrons. The number of para-hydroxylation sites is 1. The molecule has 0 bridgehead atoms. The van der Waals surface area contributed by atoms with E-state index in [2.05, 4.69) is 15.6 Å². The van der Waals surface area contributed by atoms with Crippen molar-refractivity contribution in [2.45, 2.75) is 30.6 Å². The van der Waals surface area contributed by atoms with E-state index in [1.807, 2.05) is 24.3 Å². The molecule has 1 heterocycles. The van der Waals surface area contributed by atoms with Gasteiger partial charge in [0.15, 0.2) is 0 Å². The molecule has 4 rings (SSSR count). The summed E-state index contributed by atoms with van der Waals surface area (Å²) < 4.78 is 23.1. The van der Waals surface area contributed by atoms with Crippen molar-refractivity contribution in [3.05, 3.63) is 60.2 Å². The van der Waals surface area contributed by atoms with Crippen LogP contribution in [0.5, 0.6) is 0 Å². The zero-order chi connectivity index (χ0) is 25.0. The van der Waals surface area contributed by atoms with Crippen LogP contribution in [0.3, 0.4) is 0 Å². The molecular weight excluding hydrogens is 468 g/mol. The standard InChI is InChI=1S/C25H28N4O5S/c26-35(33,34)19-11-9-18(10-12-19)23-13-21(20-3-1-2-4-22(20)29-23)24(30)27-14-16-5-7-17(8-6-16)15-28-25(31)32/h1-4,9-13,16-17,28H,5-8,14-15H2,(H,27,30)(H,31,32)(H2,26,33,34)/t16-,17-. The molecule has 1 aliphatic carbocycles. The summed E-state index contributed by atoms with van der Waals surface area (Å²) in [7, 11) is -3.80. The Morgan fingerprint density at radius 1 is 0.943 bits per heavy atom. The molecule has 5 N–H and O–H groups in total. The Hall–Kier alpha value is -3.50. The second-order valence-corrected chi connectivity index (χ2v) is 10.5. The lowest BCUT2D eigenvalue weighted by Crippen LogP contribution is -2.34. The van der Waals surface area contributed by atoms with Crippen LogP contribution in [0.4, 0.5) is 4.79 Å². The fourth-order valence-electron chi connectivity index (χ4n) is 4.53. The summed E-state index contributed by atoms with van der Waals surface area (Å²) in [6.07, 6.45) is 2.73. The van der Waals surface area contributed by atoms with Crippen LogP contribution in [0.25, 0.3) is 22.2 Å². The molecule has 0 atom stereocenters. The Kier molecular flexibility index (Phi) is 7.32. The van der Waals surface area contributed by atoms with Gasteiger partial charge in [-0.05, 0) is 61.8 Å². The minimum atomic E-state index is -3.80. The van der Waals surface area contributed by atoms with Crippen molar-refractivity contribution in [3.63, 3.8) is 0 Å². The first kappa shape index (κ1) is 24.6. The van der Waals surface area contributed by atoms with E-state index in [-0.39, 0.29) is 10.8 Å². The summed E-state index contributed by atoms with van der Waals surface area (Å²) in [5, 5.41) is 20.2. The lowest BCUT2D eigenvalue weighted by molar-refractivity contribution is 0.0942. The number of sulfonamides is 1. The molecule has 1 aromatic heterocycles. The van der Waals surface area contributed by atoms with Crippen molar-refractivity contribution in [2.24, 2.45) is 17.0 Å². The van der Waals surface area contributed by atoms with E-state index in [9.17, 15) is 18.0 Å². The second-order valence-electron chi connectivity index (χ2n) is 8.92. The van der Waals surface area contributed by atoms with E-state index < -0.39 is 16.1 Å². The molecule has 9 nitrogen and oxygen atoms in total. The van der Waals surface area contributed by atoms with Gasteiger partial charge in [-0.1, -0.05) is 30.3 Å². The van der Waals surface area contributed by atoms with Crippen LogP contribution in [0, 0.1) is 11.8 Å². The molecule has 3 aromatic rings. The van der Waals surface area contributed by atoms with Crippen molar-refractivity contribution >= 4 is 32.9 Å². The smallest absolute Gasteiger partial charge is 0.404 e. The molecular formula is C25H28N4O5S. The summed E-state index contributed by atoms with van der Waals surface area (Å²) in [4.78, 5) is 28.6. The average Bonchev–Trinajstić information content (AvgIpc) is 2.85. The summed E-state index contributed by atoms with van der Waals surface area (Å²) in [6, 6.07) is 15.2. The van der Waals surface area contributed by atoms with Gasteiger partial charge in [0.05, 0.1) is 21.7 Å². The lowest BCUT2D eigenvalue weighted by Gasteiger charge is -2.28. The number of nitrogens with two attached hydrogens (primary N) is 1. The second kappa shape index (κ2) is 10.4. The highest BCUT2D eigenvalue weighted by Crippen LogP contribution is 2.29. The van der Waals surface area contributed by atoms with Crippen LogP contribution in [0.15, 0.2) is 59.5 Å². The van der Waals surface area contributed by atoms with Crippen LogP contribution in [0.1, 0.15) is 36.0 Å². The largest absolute Gasteiger partial charge is 0.465 e. The van der Waals surface area contributed by atoms with Crippen molar-refractivity contribution in [3.8, 4) is 11.3 Å².